The van der Waals surface area contributed by atoms with Crippen LogP contribution in [0.25, 0.3) is 0 Å². The number of rotatable bonds is 4. The Labute approximate surface area is 152 Å². The van der Waals surface area contributed by atoms with Gasteiger partial charge in [0.15, 0.2) is 0 Å². The second-order valence-corrected chi connectivity index (χ2v) is 7.18. The second-order valence-electron chi connectivity index (χ2n) is 7.18. The number of fused-ring (bicyclic) bond motifs is 2. The Hall–Kier alpha value is -2.57. The van der Waals surface area contributed by atoms with Crippen molar-refractivity contribution in [1.29, 1.82) is 0 Å². The normalized spacial score (nSPS) is 19.0. The SMILES string of the molecule is Cn1nc2n(c1=O)CC(C(=O)NCCN1CCCc3ccccc31)CC2. The van der Waals surface area contributed by atoms with Gasteiger partial charge in [-0.1, -0.05) is 18.2 Å². The van der Waals surface area contributed by atoms with Crippen LogP contribution in [0.5, 0.6) is 0 Å². The molecule has 0 saturated carbocycles. The summed E-state index contributed by atoms with van der Waals surface area (Å²) in [5.74, 6) is 0.668. The minimum atomic E-state index is -0.155. The molecule has 0 bridgehead atoms. The Morgan fingerprint density at radius 2 is 2.15 bits per heavy atom. The summed E-state index contributed by atoms with van der Waals surface area (Å²) >= 11 is 0. The fourth-order valence-corrected chi connectivity index (χ4v) is 4.05. The highest BCUT2D eigenvalue weighted by Crippen LogP contribution is 2.26. The summed E-state index contributed by atoms with van der Waals surface area (Å²) in [7, 11) is 1.65. The van der Waals surface area contributed by atoms with Gasteiger partial charge in [-0.15, -0.1) is 0 Å². The van der Waals surface area contributed by atoms with E-state index in [4.69, 9.17) is 0 Å². The van der Waals surface area contributed by atoms with Gasteiger partial charge in [-0.25, -0.2) is 9.48 Å². The smallest absolute Gasteiger partial charge is 0.345 e. The fourth-order valence-electron chi connectivity index (χ4n) is 4.05. The number of carbonyl (C=O) groups excluding carboxylic acids is 1. The van der Waals surface area contributed by atoms with Crippen LogP contribution in [0.4, 0.5) is 5.69 Å². The van der Waals surface area contributed by atoms with Gasteiger partial charge in [-0.05, 0) is 30.9 Å². The van der Waals surface area contributed by atoms with Crippen molar-refractivity contribution in [3.63, 3.8) is 0 Å². The summed E-state index contributed by atoms with van der Waals surface area (Å²) in [6.45, 7) is 2.90. The number of hydrogen-bond acceptors (Lipinski definition) is 4. The molecule has 0 spiro atoms. The molecule has 1 aromatic heterocycles. The third kappa shape index (κ3) is 3.13. The molecule has 1 amide bonds. The maximum Gasteiger partial charge on any atom is 0.345 e. The van der Waals surface area contributed by atoms with Crippen molar-refractivity contribution in [3.8, 4) is 0 Å². The number of anilines is 1. The molecule has 2 aliphatic heterocycles. The largest absolute Gasteiger partial charge is 0.370 e. The standard InChI is InChI=1S/C19H25N5O2/c1-22-19(26)24-13-15(8-9-17(24)21-22)18(25)20-10-12-23-11-4-6-14-5-2-3-7-16(14)23/h2-3,5,7,15H,4,6,8-13H2,1H3,(H,20,25). The molecule has 7 heteroatoms. The highest BCUT2D eigenvalue weighted by Gasteiger charge is 2.27. The van der Waals surface area contributed by atoms with Crippen LogP contribution >= 0.6 is 0 Å². The molecule has 0 aliphatic carbocycles. The Kier molecular flexibility index (Phi) is 4.53. The van der Waals surface area contributed by atoms with E-state index in [0.717, 1.165) is 38.2 Å². The molecule has 0 radical (unpaired) electrons. The van der Waals surface area contributed by atoms with E-state index in [1.165, 1.54) is 15.9 Å². The third-order valence-corrected chi connectivity index (χ3v) is 5.46. The number of nitrogens with one attached hydrogen (secondary N) is 1. The van der Waals surface area contributed by atoms with Gasteiger partial charge in [0, 0.05) is 45.3 Å². The van der Waals surface area contributed by atoms with E-state index in [-0.39, 0.29) is 17.5 Å². The Balaban J connectivity index is 1.33. The van der Waals surface area contributed by atoms with Gasteiger partial charge in [0.05, 0.1) is 5.92 Å². The van der Waals surface area contributed by atoms with Crippen LogP contribution in [0.15, 0.2) is 29.1 Å². The zero-order valence-corrected chi connectivity index (χ0v) is 15.1. The average molecular weight is 355 g/mol. The maximum absolute atomic E-state index is 12.5. The lowest BCUT2D eigenvalue weighted by Gasteiger charge is -2.31. The average Bonchev–Trinajstić information content (AvgIpc) is 2.95. The third-order valence-electron chi connectivity index (χ3n) is 5.46. The number of aryl methyl sites for hydroxylation is 3. The lowest BCUT2D eigenvalue weighted by molar-refractivity contribution is -0.125. The van der Waals surface area contributed by atoms with Gasteiger partial charge in [0.2, 0.25) is 5.91 Å². The number of hydrogen-bond donors (Lipinski definition) is 1. The molecule has 1 N–H and O–H groups in total. The van der Waals surface area contributed by atoms with Crippen molar-refractivity contribution in [2.24, 2.45) is 13.0 Å². The molecule has 1 atom stereocenters. The van der Waals surface area contributed by atoms with Crippen molar-refractivity contribution in [2.75, 3.05) is 24.5 Å². The number of para-hydroxylation sites is 1. The zero-order valence-electron chi connectivity index (χ0n) is 15.1. The van der Waals surface area contributed by atoms with Crippen molar-refractivity contribution < 1.29 is 4.79 Å². The monoisotopic (exact) mass is 355 g/mol. The first kappa shape index (κ1) is 16.9. The first-order valence-electron chi connectivity index (χ1n) is 9.37. The summed E-state index contributed by atoms with van der Waals surface area (Å²) < 4.78 is 2.98. The highest BCUT2D eigenvalue weighted by molar-refractivity contribution is 5.78. The van der Waals surface area contributed by atoms with E-state index in [2.05, 4.69) is 39.6 Å². The molecule has 0 saturated heterocycles. The van der Waals surface area contributed by atoms with E-state index >= 15 is 0 Å². The van der Waals surface area contributed by atoms with Gasteiger partial charge in [-0.2, -0.15) is 5.10 Å². The molecule has 1 unspecified atom stereocenters. The summed E-state index contributed by atoms with van der Waals surface area (Å²) in [5, 5.41) is 7.28. The second kappa shape index (κ2) is 6.97. The summed E-state index contributed by atoms with van der Waals surface area (Å²) in [6.07, 6.45) is 3.70. The van der Waals surface area contributed by atoms with Crippen molar-refractivity contribution >= 4 is 11.6 Å². The van der Waals surface area contributed by atoms with Crippen LogP contribution in [-0.2, 0) is 31.2 Å². The number of amides is 1. The van der Waals surface area contributed by atoms with Gasteiger partial charge >= 0.3 is 5.69 Å². The molecule has 2 aliphatic rings. The fraction of sp³-hybridized carbons (Fsp3) is 0.526. The van der Waals surface area contributed by atoms with E-state index in [1.54, 1.807) is 11.6 Å². The van der Waals surface area contributed by atoms with Crippen molar-refractivity contribution in [3.05, 3.63) is 46.1 Å². The molecule has 1 aromatic carbocycles. The van der Waals surface area contributed by atoms with Crippen LogP contribution in [-0.4, -0.2) is 39.9 Å². The van der Waals surface area contributed by atoms with E-state index in [1.807, 2.05) is 0 Å². The maximum atomic E-state index is 12.5. The molecular formula is C19H25N5O2. The Morgan fingerprint density at radius 3 is 3.04 bits per heavy atom. The number of benzene rings is 1. The lowest BCUT2D eigenvalue weighted by atomic mass is 9.98. The van der Waals surface area contributed by atoms with Crippen LogP contribution in [0.2, 0.25) is 0 Å². The lowest BCUT2D eigenvalue weighted by Crippen LogP contribution is -2.42. The predicted molar refractivity (Wildman–Crippen MR) is 99.3 cm³/mol. The minimum absolute atomic E-state index is 0.0386. The zero-order chi connectivity index (χ0) is 18.1. The summed E-state index contributed by atoms with van der Waals surface area (Å²) in [5.41, 5.74) is 2.54. The van der Waals surface area contributed by atoms with Gasteiger partial charge < -0.3 is 10.2 Å². The number of nitrogens with zero attached hydrogens (tertiary/aromatic N) is 4. The first-order valence-corrected chi connectivity index (χ1v) is 9.37. The van der Waals surface area contributed by atoms with E-state index in [0.29, 0.717) is 19.5 Å². The quantitative estimate of drug-likeness (QED) is 0.877. The van der Waals surface area contributed by atoms with Crippen LogP contribution < -0.4 is 15.9 Å². The molecular weight excluding hydrogens is 330 g/mol. The van der Waals surface area contributed by atoms with Crippen LogP contribution in [0.3, 0.4) is 0 Å². The molecule has 3 heterocycles. The molecule has 2 aromatic rings. The van der Waals surface area contributed by atoms with Gasteiger partial charge in [0.25, 0.3) is 0 Å². The van der Waals surface area contributed by atoms with Crippen molar-refractivity contribution in [2.45, 2.75) is 32.2 Å². The first-order chi connectivity index (χ1) is 12.6. The molecule has 7 nitrogen and oxygen atoms in total. The minimum Gasteiger partial charge on any atom is -0.370 e. The highest BCUT2D eigenvalue weighted by atomic mass is 16.2. The molecule has 138 valence electrons. The molecule has 26 heavy (non-hydrogen) atoms. The summed E-state index contributed by atoms with van der Waals surface area (Å²) in [4.78, 5) is 26.9. The Morgan fingerprint density at radius 1 is 1.31 bits per heavy atom. The molecule has 4 rings (SSSR count). The van der Waals surface area contributed by atoms with Gasteiger partial charge in [-0.3, -0.25) is 9.36 Å². The van der Waals surface area contributed by atoms with Crippen LogP contribution in [0.1, 0.15) is 24.2 Å². The van der Waals surface area contributed by atoms with Crippen LogP contribution in [0, 0.1) is 5.92 Å². The van der Waals surface area contributed by atoms with E-state index < -0.39 is 0 Å². The van der Waals surface area contributed by atoms with Crippen molar-refractivity contribution in [1.82, 2.24) is 19.7 Å². The summed E-state index contributed by atoms with van der Waals surface area (Å²) in [6, 6.07) is 8.50. The van der Waals surface area contributed by atoms with Gasteiger partial charge in [0.1, 0.15) is 5.82 Å². The number of carbonyl (C=O) groups is 1. The Bertz CT molecular complexity index is 869. The van der Waals surface area contributed by atoms with E-state index in [9.17, 15) is 9.59 Å². The predicted octanol–water partition coefficient (Wildman–Crippen LogP) is 0.713. The topological polar surface area (TPSA) is 72.2 Å². The molecule has 0 fully saturated rings. The number of aromatic nitrogens is 3.